The van der Waals surface area contributed by atoms with Crippen LogP contribution in [-0.4, -0.2) is 36.4 Å². The Labute approximate surface area is 461 Å². The third-order valence-corrected chi connectivity index (χ3v) is 14.8. The standard InChI is InChI=1S/C69H126O5/c1-3-5-7-9-11-13-15-17-19-21-23-25-27-28-29-30-31-32-33-34-35-36-37-38-39-40-42-43-45-47-49-51-53-55-57-59-61-63-68(71)73-66-67(65-70)74-69(72)64-62-60-58-56-54-52-50-48-46-44-41-26-24-22-20-18-16-14-12-10-8-6-4-2/h6,8,12,14,18,20,24,26,44,46,67,70H,3-5,7,9-11,13,15-17,19,21-23,25,27-43,45,47-66H2,1-2H3/b8-6-,14-12-,20-18-,26-24-,46-44-. The maximum absolute atomic E-state index is 12.3. The molecule has 0 amide bonds. The summed E-state index contributed by atoms with van der Waals surface area (Å²) in [6.07, 6.45) is 88.2. The van der Waals surface area contributed by atoms with E-state index in [1.54, 1.807) is 0 Å². The number of rotatable bonds is 61. The Morgan fingerprint density at radius 3 is 0.878 bits per heavy atom. The zero-order chi connectivity index (χ0) is 53.4. The maximum atomic E-state index is 12.3. The minimum absolute atomic E-state index is 0.0690. The summed E-state index contributed by atoms with van der Waals surface area (Å²) in [5.74, 6) is -0.590. The monoisotopic (exact) mass is 1030 g/mol. The van der Waals surface area contributed by atoms with E-state index < -0.39 is 6.10 Å². The average molecular weight is 1040 g/mol. The molecule has 0 fully saturated rings. The van der Waals surface area contributed by atoms with Crippen LogP contribution < -0.4 is 0 Å². The number of esters is 2. The maximum Gasteiger partial charge on any atom is 0.306 e. The van der Waals surface area contributed by atoms with Gasteiger partial charge in [0.05, 0.1) is 6.61 Å². The number of aliphatic hydroxyl groups excluding tert-OH is 1. The first kappa shape index (κ1) is 71.6. The summed E-state index contributed by atoms with van der Waals surface area (Å²) in [7, 11) is 0. The normalized spacial score (nSPS) is 12.5. The van der Waals surface area contributed by atoms with E-state index in [0.29, 0.717) is 12.8 Å². The number of carbonyl (C=O) groups is 2. The van der Waals surface area contributed by atoms with E-state index in [9.17, 15) is 14.7 Å². The molecule has 74 heavy (non-hydrogen) atoms. The lowest BCUT2D eigenvalue weighted by atomic mass is 10.0. The fourth-order valence-corrected chi connectivity index (χ4v) is 9.94. The molecule has 0 bridgehead atoms. The molecule has 0 spiro atoms. The van der Waals surface area contributed by atoms with E-state index in [1.165, 1.54) is 244 Å². The predicted octanol–water partition coefficient (Wildman–Crippen LogP) is 22.5. The van der Waals surface area contributed by atoms with Crippen LogP contribution in [0.5, 0.6) is 0 Å². The molecule has 0 saturated heterocycles. The van der Waals surface area contributed by atoms with Gasteiger partial charge in [-0.2, -0.15) is 0 Å². The highest BCUT2D eigenvalue weighted by Gasteiger charge is 2.16. The van der Waals surface area contributed by atoms with E-state index in [4.69, 9.17) is 9.47 Å². The van der Waals surface area contributed by atoms with Crippen LogP contribution in [-0.2, 0) is 19.1 Å². The molecule has 5 nitrogen and oxygen atoms in total. The molecule has 0 aliphatic carbocycles. The van der Waals surface area contributed by atoms with Crippen LogP contribution in [0.15, 0.2) is 60.8 Å². The Morgan fingerprint density at radius 2 is 0.581 bits per heavy atom. The van der Waals surface area contributed by atoms with Crippen LogP contribution in [0.4, 0.5) is 0 Å². The van der Waals surface area contributed by atoms with Crippen molar-refractivity contribution in [3.63, 3.8) is 0 Å². The summed E-state index contributed by atoms with van der Waals surface area (Å²) in [5.41, 5.74) is 0. The summed E-state index contributed by atoms with van der Waals surface area (Å²) in [5, 5.41) is 9.67. The Balaban J connectivity index is 3.40. The van der Waals surface area contributed by atoms with E-state index in [0.717, 1.165) is 77.0 Å². The van der Waals surface area contributed by atoms with E-state index in [-0.39, 0.29) is 25.2 Å². The van der Waals surface area contributed by atoms with E-state index in [2.05, 4.69) is 74.6 Å². The molecular weight excluding hydrogens is 909 g/mol. The smallest absolute Gasteiger partial charge is 0.306 e. The van der Waals surface area contributed by atoms with E-state index in [1.807, 2.05) is 0 Å². The molecule has 0 saturated carbocycles. The number of carbonyl (C=O) groups excluding carboxylic acids is 2. The highest BCUT2D eigenvalue weighted by Crippen LogP contribution is 2.18. The number of hydrogen-bond donors (Lipinski definition) is 1. The molecule has 0 aromatic rings. The van der Waals surface area contributed by atoms with Gasteiger partial charge in [0.15, 0.2) is 6.10 Å². The fraction of sp³-hybridized carbons (Fsp3) is 0.826. The lowest BCUT2D eigenvalue weighted by Gasteiger charge is -2.15. The van der Waals surface area contributed by atoms with Gasteiger partial charge in [-0.3, -0.25) is 9.59 Å². The Kier molecular flexibility index (Phi) is 62.8. The molecule has 432 valence electrons. The number of ether oxygens (including phenoxy) is 2. The van der Waals surface area contributed by atoms with Crippen molar-refractivity contribution < 1.29 is 24.2 Å². The first-order valence-electron chi connectivity index (χ1n) is 32.8. The number of unbranched alkanes of at least 4 members (excludes halogenated alkanes) is 43. The van der Waals surface area contributed by atoms with Gasteiger partial charge in [-0.05, 0) is 57.8 Å². The van der Waals surface area contributed by atoms with Gasteiger partial charge in [0, 0.05) is 12.8 Å². The van der Waals surface area contributed by atoms with Crippen molar-refractivity contribution in [2.24, 2.45) is 0 Å². The highest BCUT2D eigenvalue weighted by molar-refractivity contribution is 5.70. The first-order chi connectivity index (χ1) is 36.6. The van der Waals surface area contributed by atoms with Crippen LogP contribution in [0, 0.1) is 0 Å². The summed E-state index contributed by atoms with van der Waals surface area (Å²) in [4.78, 5) is 24.6. The third-order valence-electron chi connectivity index (χ3n) is 14.8. The second-order valence-corrected chi connectivity index (χ2v) is 22.2. The quantitative estimate of drug-likeness (QED) is 0.0373. The van der Waals surface area contributed by atoms with Gasteiger partial charge in [-0.25, -0.2) is 0 Å². The number of aliphatic hydroxyl groups is 1. The molecule has 0 heterocycles. The van der Waals surface area contributed by atoms with Crippen molar-refractivity contribution in [2.45, 2.75) is 354 Å². The van der Waals surface area contributed by atoms with Gasteiger partial charge in [-0.1, -0.05) is 338 Å². The largest absolute Gasteiger partial charge is 0.462 e. The minimum atomic E-state index is -0.780. The zero-order valence-corrected chi connectivity index (χ0v) is 49.6. The number of allylic oxidation sites excluding steroid dienone is 10. The molecule has 0 aromatic carbocycles. The Morgan fingerprint density at radius 1 is 0.324 bits per heavy atom. The van der Waals surface area contributed by atoms with Crippen molar-refractivity contribution in [3.8, 4) is 0 Å². The summed E-state index contributed by atoms with van der Waals surface area (Å²) >= 11 is 0. The van der Waals surface area contributed by atoms with E-state index >= 15 is 0 Å². The first-order valence-corrected chi connectivity index (χ1v) is 32.8. The van der Waals surface area contributed by atoms with Gasteiger partial charge in [0.1, 0.15) is 6.61 Å². The van der Waals surface area contributed by atoms with Gasteiger partial charge in [-0.15, -0.1) is 0 Å². The molecule has 1 N–H and O–H groups in total. The van der Waals surface area contributed by atoms with Crippen molar-refractivity contribution in [1.82, 2.24) is 0 Å². The lowest BCUT2D eigenvalue weighted by molar-refractivity contribution is -0.161. The molecule has 0 aliphatic heterocycles. The van der Waals surface area contributed by atoms with Crippen molar-refractivity contribution in [3.05, 3.63) is 60.8 Å². The molecular formula is C69H126O5. The van der Waals surface area contributed by atoms with Crippen molar-refractivity contribution in [2.75, 3.05) is 13.2 Å². The van der Waals surface area contributed by atoms with Gasteiger partial charge < -0.3 is 14.6 Å². The summed E-state index contributed by atoms with van der Waals surface area (Å²) < 4.78 is 10.7. The van der Waals surface area contributed by atoms with Crippen molar-refractivity contribution >= 4 is 11.9 Å². The van der Waals surface area contributed by atoms with Crippen LogP contribution in [0.3, 0.4) is 0 Å². The van der Waals surface area contributed by atoms with Crippen LogP contribution in [0.2, 0.25) is 0 Å². The second-order valence-electron chi connectivity index (χ2n) is 22.2. The third kappa shape index (κ3) is 62.1. The molecule has 1 unspecified atom stereocenters. The second kappa shape index (κ2) is 64.9. The van der Waals surface area contributed by atoms with Crippen LogP contribution in [0.25, 0.3) is 0 Å². The van der Waals surface area contributed by atoms with Crippen LogP contribution >= 0.6 is 0 Å². The number of hydrogen-bond acceptors (Lipinski definition) is 5. The molecule has 1 atom stereocenters. The minimum Gasteiger partial charge on any atom is -0.462 e. The van der Waals surface area contributed by atoms with Gasteiger partial charge >= 0.3 is 11.9 Å². The topological polar surface area (TPSA) is 72.8 Å². The fourth-order valence-electron chi connectivity index (χ4n) is 9.94. The molecule has 5 heteroatoms. The Bertz CT molecular complexity index is 1260. The molecule has 0 radical (unpaired) electrons. The van der Waals surface area contributed by atoms with Gasteiger partial charge in [0.25, 0.3) is 0 Å². The average Bonchev–Trinajstić information content (AvgIpc) is 3.40. The lowest BCUT2D eigenvalue weighted by Crippen LogP contribution is -2.28. The summed E-state index contributed by atoms with van der Waals surface area (Å²) in [6.45, 7) is 4.06. The van der Waals surface area contributed by atoms with Crippen LogP contribution in [0.1, 0.15) is 348 Å². The summed E-state index contributed by atoms with van der Waals surface area (Å²) in [6, 6.07) is 0. The predicted molar refractivity (Wildman–Crippen MR) is 325 cm³/mol. The SMILES string of the molecule is CC/C=C\C/C=C\C/C=C\C/C=C\C/C=C\CCCCCCCCCC(=O)OC(CO)COC(=O)CCCCCCCCCCCCCCCCCCCCCCCCCCCCCCCCCCCCCCC. The molecule has 0 aromatic heterocycles. The Hall–Kier alpha value is -2.40. The molecule has 0 rings (SSSR count). The van der Waals surface area contributed by atoms with Gasteiger partial charge in [0.2, 0.25) is 0 Å². The zero-order valence-electron chi connectivity index (χ0n) is 49.6. The van der Waals surface area contributed by atoms with Crippen molar-refractivity contribution in [1.29, 1.82) is 0 Å². The molecule has 0 aliphatic rings. The highest BCUT2D eigenvalue weighted by atomic mass is 16.6.